The Morgan fingerprint density at radius 1 is 0.970 bits per heavy atom. The predicted octanol–water partition coefficient (Wildman–Crippen LogP) is 5.32. The minimum atomic E-state index is -0.202. The molecule has 3 rings (SSSR count). The Morgan fingerprint density at radius 3 is 2.21 bits per heavy atom. The molecule has 1 fully saturated rings. The van der Waals surface area contributed by atoms with Crippen LogP contribution in [0.5, 0.6) is 5.75 Å². The fraction of sp³-hybridized carbons (Fsp3) is 0.462. The van der Waals surface area contributed by atoms with Gasteiger partial charge in [0.25, 0.3) is 5.91 Å². The van der Waals surface area contributed by atoms with Gasteiger partial charge in [-0.15, -0.1) is 0 Å². The lowest BCUT2D eigenvalue weighted by Gasteiger charge is -2.36. The molecule has 1 aliphatic rings. The third kappa shape index (κ3) is 7.13. The van der Waals surface area contributed by atoms with Crippen LogP contribution in [0.1, 0.15) is 44.5 Å². The van der Waals surface area contributed by atoms with Gasteiger partial charge in [-0.2, -0.15) is 0 Å². The van der Waals surface area contributed by atoms with E-state index in [1.807, 2.05) is 17.0 Å². The molecule has 1 N–H and O–H groups in total. The summed E-state index contributed by atoms with van der Waals surface area (Å²) in [7, 11) is 0. The first-order chi connectivity index (χ1) is 15.7. The molecule has 33 heavy (non-hydrogen) atoms. The van der Waals surface area contributed by atoms with Crippen LogP contribution >= 0.6 is 11.6 Å². The highest BCUT2D eigenvalue weighted by Crippen LogP contribution is 2.30. The smallest absolute Gasteiger partial charge is 0.255 e. The molecule has 0 unspecified atom stereocenters. The molecule has 6 nitrogen and oxygen atoms in total. The minimum Gasteiger partial charge on any atom is -0.493 e. The summed E-state index contributed by atoms with van der Waals surface area (Å²) in [5.74, 6) is 1.57. The molecule has 2 aromatic carbocycles. The number of hydrogen-bond donors (Lipinski definition) is 1. The van der Waals surface area contributed by atoms with Crippen LogP contribution in [0.15, 0.2) is 42.5 Å². The van der Waals surface area contributed by atoms with Crippen LogP contribution in [-0.2, 0) is 4.79 Å². The van der Waals surface area contributed by atoms with Crippen molar-refractivity contribution in [2.45, 2.75) is 34.1 Å². The summed E-state index contributed by atoms with van der Waals surface area (Å²) < 4.78 is 5.67. The highest BCUT2D eigenvalue weighted by atomic mass is 35.5. The lowest BCUT2D eigenvalue weighted by atomic mass is 10.1. The molecule has 2 aromatic rings. The fourth-order valence-corrected chi connectivity index (χ4v) is 3.98. The Labute approximate surface area is 201 Å². The Bertz CT molecular complexity index is 952. The second kappa shape index (κ2) is 11.4. The van der Waals surface area contributed by atoms with Crippen molar-refractivity contribution in [3.05, 3.63) is 53.1 Å². The van der Waals surface area contributed by atoms with E-state index < -0.39 is 0 Å². The zero-order chi connectivity index (χ0) is 24.0. The number of carbonyl (C=O) groups excluding carboxylic acids is 2. The van der Waals surface area contributed by atoms with Gasteiger partial charge in [0.05, 0.1) is 17.3 Å². The highest BCUT2D eigenvalue weighted by molar-refractivity contribution is 6.33. The third-order valence-corrected chi connectivity index (χ3v) is 5.76. The van der Waals surface area contributed by atoms with Crippen molar-refractivity contribution in [2.24, 2.45) is 11.8 Å². The summed E-state index contributed by atoms with van der Waals surface area (Å²) in [5, 5.41) is 3.48. The Morgan fingerprint density at radius 2 is 1.64 bits per heavy atom. The van der Waals surface area contributed by atoms with Gasteiger partial charge in [0.15, 0.2) is 0 Å². The monoisotopic (exact) mass is 471 g/mol. The van der Waals surface area contributed by atoms with Crippen molar-refractivity contribution in [3.63, 3.8) is 0 Å². The Balaban J connectivity index is 1.56. The second-order valence-corrected chi connectivity index (χ2v) is 9.72. The maximum absolute atomic E-state index is 12.6. The van der Waals surface area contributed by atoms with Crippen LogP contribution in [-0.4, -0.2) is 49.5 Å². The molecule has 0 radical (unpaired) electrons. The lowest BCUT2D eigenvalue weighted by molar-refractivity contribution is -0.132. The normalized spacial score (nSPS) is 14.0. The zero-order valence-corrected chi connectivity index (χ0v) is 20.7. The quantitative estimate of drug-likeness (QED) is 0.565. The van der Waals surface area contributed by atoms with Crippen molar-refractivity contribution in [1.29, 1.82) is 0 Å². The van der Waals surface area contributed by atoms with Gasteiger partial charge < -0.3 is 19.9 Å². The van der Waals surface area contributed by atoms with Crippen molar-refractivity contribution in [3.8, 4) is 5.75 Å². The number of amides is 2. The van der Waals surface area contributed by atoms with Gasteiger partial charge in [-0.05, 0) is 54.3 Å². The maximum atomic E-state index is 12.6. The number of halogens is 1. The summed E-state index contributed by atoms with van der Waals surface area (Å²) >= 11 is 6.55. The maximum Gasteiger partial charge on any atom is 0.255 e. The molecular weight excluding hydrogens is 438 g/mol. The third-order valence-electron chi connectivity index (χ3n) is 5.46. The fourth-order valence-electron chi connectivity index (χ4n) is 3.68. The average molecular weight is 472 g/mol. The topological polar surface area (TPSA) is 61.9 Å². The van der Waals surface area contributed by atoms with Crippen LogP contribution < -0.4 is 15.0 Å². The van der Waals surface area contributed by atoms with Gasteiger partial charge >= 0.3 is 0 Å². The van der Waals surface area contributed by atoms with E-state index in [-0.39, 0.29) is 11.8 Å². The molecule has 178 valence electrons. The number of piperazine rings is 1. The van der Waals surface area contributed by atoms with Crippen LogP contribution in [0.25, 0.3) is 0 Å². The molecule has 7 heteroatoms. The van der Waals surface area contributed by atoms with E-state index in [4.69, 9.17) is 16.3 Å². The number of anilines is 2. The summed E-state index contributed by atoms with van der Waals surface area (Å²) in [6.45, 7) is 11.8. The number of carbonyl (C=O) groups is 2. The van der Waals surface area contributed by atoms with Crippen molar-refractivity contribution >= 4 is 34.8 Å². The molecule has 0 spiro atoms. The molecule has 0 aromatic heterocycles. The number of nitrogens with zero attached hydrogens (tertiary/aromatic N) is 2. The highest BCUT2D eigenvalue weighted by Gasteiger charge is 2.23. The number of rotatable bonds is 8. The first-order valence-electron chi connectivity index (χ1n) is 11.6. The van der Waals surface area contributed by atoms with Gasteiger partial charge in [0.2, 0.25) is 5.91 Å². The van der Waals surface area contributed by atoms with Gasteiger partial charge in [0, 0.05) is 43.9 Å². The Kier molecular flexibility index (Phi) is 8.61. The standard InChI is InChI=1S/C26H34ClN3O3/c1-18(2)15-25(31)30-13-11-29(12-14-30)24-10-7-21(16-23(24)27)28-26(32)20-5-8-22(9-6-20)33-17-19(3)4/h5-10,16,18-19H,11-15,17H2,1-4H3,(H,28,32). The first kappa shape index (κ1) is 24.9. The van der Waals surface area contributed by atoms with Crippen LogP contribution in [0.3, 0.4) is 0 Å². The van der Waals surface area contributed by atoms with Crippen LogP contribution in [0, 0.1) is 11.8 Å². The number of ether oxygens (including phenoxy) is 1. The molecule has 0 aliphatic carbocycles. The predicted molar refractivity (Wildman–Crippen MR) is 134 cm³/mol. The molecule has 1 aliphatic heterocycles. The zero-order valence-electron chi connectivity index (χ0n) is 19.9. The van der Waals surface area contributed by atoms with E-state index in [9.17, 15) is 9.59 Å². The number of nitrogens with one attached hydrogen (secondary N) is 1. The molecule has 0 bridgehead atoms. The van der Waals surface area contributed by atoms with E-state index in [1.54, 1.807) is 30.3 Å². The summed E-state index contributed by atoms with van der Waals surface area (Å²) in [4.78, 5) is 29.0. The minimum absolute atomic E-state index is 0.202. The molecular formula is C26H34ClN3O3. The van der Waals surface area contributed by atoms with Crippen LogP contribution in [0.4, 0.5) is 11.4 Å². The molecule has 2 amide bonds. The average Bonchev–Trinajstić information content (AvgIpc) is 2.78. The van der Waals surface area contributed by atoms with Crippen molar-refractivity contribution in [1.82, 2.24) is 4.90 Å². The van der Waals surface area contributed by atoms with E-state index >= 15 is 0 Å². The van der Waals surface area contributed by atoms with Crippen molar-refractivity contribution in [2.75, 3.05) is 43.0 Å². The van der Waals surface area contributed by atoms with Gasteiger partial charge in [-0.1, -0.05) is 39.3 Å². The van der Waals surface area contributed by atoms with E-state index in [1.165, 1.54) is 0 Å². The molecule has 0 atom stereocenters. The molecule has 1 heterocycles. The lowest BCUT2D eigenvalue weighted by Crippen LogP contribution is -2.49. The summed E-state index contributed by atoms with van der Waals surface area (Å²) in [6.07, 6.45) is 0.586. The largest absolute Gasteiger partial charge is 0.493 e. The van der Waals surface area contributed by atoms with E-state index in [0.29, 0.717) is 54.2 Å². The first-order valence-corrected chi connectivity index (χ1v) is 12.0. The van der Waals surface area contributed by atoms with E-state index in [2.05, 4.69) is 37.9 Å². The van der Waals surface area contributed by atoms with Gasteiger partial charge in [-0.25, -0.2) is 0 Å². The summed E-state index contributed by atoms with van der Waals surface area (Å²) in [5.41, 5.74) is 2.10. The molecule has 1 saturated heterocycles. The van der Waals surface area contributed by atoms with Crippen LogP contribution in [0.2, 0.25) is 5.02 Å². The van der Waals surface area contributed by atoms with E-state index in [0.717, 1.165) is 24.5 Å². The van der Waals surface area contributed by atoms with Gasteiger partial charge in [0.1, 0.15) is 5.75 Å². The Hall–Kier alpha value is -2.73. The SMILES string of the molecule is CC(C)COc1ccc(C(=O)Nc2ccc(N3CCN(C(=O)CC(C)C)CC3)c(Cl)c2)cc1. The summed E-state index contributed by atoms with van der Waals surface area (Å²) in [6, 6.07) is 12.7. The number of benzene rings is 2. The molecule has 0 saturated carbocycles. The second-order valence-electron chi connectivity index (χ2n) is 9.32. The number of hydrogen-bond acceptors (Lipinski definition) is 4. The van der Waals surface area contributed by atoms with Crippen molar-refractivity contribution < 1.29 is 14.3 Å². The van der Waals surface area contributed by atoms with Gasteiger partial charge in [-0.3, -0.25) is 9.59 Å².